The summed E-state index contributed by atoms with van der Waals surface area (Å²) in [5, 5.41) is 8.28. The number of fused-ring (bicyclic) bond motifs is 3. The molecule has 1 aliphatic heterocycles. The van der Waals surface area contributed by atoms with Crippen molar-refractivity contribution in [2.75, 3.05) is 6.54 Å². The first-order valence-electron chi connectivity index (χ1n) is 7.25. The van der Waals surface area contributed by atoms with Crippen LogP contribution >= 0.6 is 11.3 Å². The number of rotatable bonds is 2. The SMILES string of the molecule is CC(C)c1nc2sc3c(n2n1)CCNC3c1ccncc1. The largest absolute Gasteiger partial charge is 0.305 e. The second-order valence-corrected chi connectivity index (χ2v) is 6.66. The van der Waals surface area contributed by atoms with Crippen LogP contribution in [0.5, 0.6) is 0 Å². The predicted octanol–water partition coefficient (Wildman–Crippen LogP) is 2.54. The minimum absolute atomic E-state index is 0.229. The molecular formula is C15H17N5S. The quantitative estimate of drug-likeness (QED) is 0.790. The van der Waals surface area contributed by atoms with Gasteiger partial charge in [-0.2, -0.15) is 5.10 Å². The summed E-state index contributed by atoms with van der Waals surface area (Å²) >= 11 is 1.75. The van der Waals surface area contributed by atoms with Gasteiger partial charge in [0.25, 0.3) is 0 Å². The zero-order chi connectivity index (χ0) is 14.4. The summed E-state index contributed by atoms with van der Waals surface area (Å²) in [6, 6.07) is 4.37. The third-order valence-corrected chi connectivity index (χ3v) is 5.00. The van der Waals surface area contributed by atoms with E-state index in [-0.39, 0.29) is 6.04 Å². The molecule has 21 heavy (non-hydrogen) atoms. The molecule has 3 aromatic rings. The fourth-order valence-electron chi connectivity index (χ4n) is 2.77. The van der Waals surface area contributed by atoms with Crippen molar-refractivity contribution in [3.63, 3.8) is 0 Å². The van der Waals surface area contributed by atoms with E-state index in [4.69, 9.17) is 0 Å². The molecule has 0 bridgehead atoms. The van der Waals surface area contributed by atoms with Gasteiger partial charge in [0.05, 0.1) is 16.6 Å². The molecule has 4 rings (SSSR count). The highest BCUT2D eigenvalue weighted by atomic mass is 32.1. The molecule has 0 spiro atoms. The summed E-state index contributed by atoms with van der Waals surface area (Å²) < 4.78 is 2.05. The number of thiazole rings is 1. The first kappa shape index (κ1) is 12.9. The monoisotopic (exact) mass is 299 g/mol. The van der Waals surface area contributed by atoms with Crippen molar-refractivity contribution in [3.8, 4) is 0 Å². The molecule has 0 aliphatic carbocycles. The summed E-state index contributed by atoms with van der Waals surface area (Å²) in [6.07, 6.45) is 4.69. The Hall–Kier alpha value is -1.79. The Morgan fingerprint density at radius 1 is 1.33 bits per heavy atom. The normalized spacial score (nSPS) is 18.3. The lowest BCUT2D eigenvalue weighted by atomic mass is 10.0. The Kier molecular flexibility index (Phi) is 3.01. The van der Waals surface area contributed by atoms with Gasteiger partial charge in [-0.05, 0) is 17.7 Å². The fraction of sp³-hybridized carbons (Fsp3) is 0.400. The van der Waals surface area contributed by atoms with Crippen molar-refractivity contribution in [1.82, 2.24) is 24.9 Å². The highest BCUT2D eigenvalue weighted by molar-refractivity contribution is 7.17. The molecule has 1 unspecified atom stereocenters. The predicted molar refractivity (Wildman–Crippen MR) is 82.7 cm³/mol. The number of hydrogen-bond acceptors (Lipinski definition) is 5. The third-order valence-electron chi connectivity index (χ3n) is 3.86. The van der Waals surface area contributed by atoms with Gasteiger partial charge in [-0.3, -0.25) is 4.98 Å². The van der Waals surface area contributed by atoms with Crippen molar-refractivity contribution in [1.29, 1.82) is 0 Å². The van der Waals surface area contributed by atoms with Gasteiger partial charge in [0.1, 0.15) is 0 Å². The second kappa shape index (κ2) is 4.89. The van der Waals surface area contributed by atoms with Gasteiger partial charge in [0.2, 0.25) is 4.96 Å². The van der Waals surface area contributed by atoms with Crippen molar-refractivity contribution >= 4 is 16.3 Å². The summed E-state index contributed by atoms with van der Waals surface area (Å²) in [4.78, 5) is 11.1. The molecule has 0 fully saturated rings. The lowest BCUT2D eigenvalue weighted by Gasteiger charge is -2.23. The number of nitrogens with one attached hydrogen (secondary N) is 1. The van der Waals surface area contributed by atoms with Crippen LogP contribution in [-0.4, -0.2) is 26.1 Å². The van der Waals surface area contributed by atoms with E-state index in [9.17, 15) is 0 Å². The van der Waals surface area contributed by atoms with Gasteiger partial charge >= 0.3 is 0 Å². The Morgan fingerprint density at radius 3 is 2.90 bits per heavy atom. The molecule has 1 N–H and O–H groups in total. The Morgan fingerprint density at radius 2 is 2.14 bits per heavy atom. The highest BCUT2D eigenvalue weighted by Gasteiger charge is 2.27. The Bertz CT molecular complexity index is 774. The van der Waals surface area contributed by atoms with Crippen LogP contribution in [0.4, 0.5) is 0 Å². The lowest BCUT2D eigenvalue weighted by molar-refractivity contribution is 0.560. The fourth-order valence-corrected chi connectivity index (χ4v) is 3.99. The average Bonchev–Trinajstić information content (AvgIpc) is 3.05. The second-order valence-electron chi connectivity index (χ2n) is 5.65. The smallest absolute Gasteiger partial charge is 0.212 e. The zero-order valence-corrected chi connectivity index (χ0v) is 12.9. The van der Waals surface area contributed by atoms with E-state index >= 15 is 0 Å². The average molecular weight is 299 g/mol. The van der Waals surface area contributed by atoms with E-state index in [0.29, 0.717) is 5.92 Å². The van der Waals surface area contributed by atoms with Gasteiger partial charge in [-0.15, -0.1) is 0 Å². The molecule has 0 aromatic carbocycles. The number of hydrogen-bond donors (Lipinski definition) is 1. The van der Waals surface area contributed by atoms with Crippen LogP contribution in [0.2, 0.25) is 0 Å². The van der Waals surface area contributed by atoms with Crippen LogP contribution in [-0.2, 0) is 6.42 Å². The molecule has 0 radical (unpaired) electrons. The highest BCUT2D eigenvalue weighted by Crippen LogP contribution is 2.35. The van der Waals surface area contributed by atoms with Crippen LogP contribution in [0.25, 0.3) is 4.96 Å². The minimum Gasteiger partial charge on any atom is -0.305 e. The van der Waals surface area contributed by atoms with Crippen molar-refractivity contribution in [2.45, 2.75) is 32.2 Å². The molecule has 4 heterocycles. The molecule has 1 atom stereocenters. The number of pyridine rings is 1. The van der Waals surface area contributed by atoms with E-state index in [2.05, 4.69) is 46.4 Å². The Balaban J connectivity index is 1.83. The van der Waals surface area contributed by atoms with Crippen LogP contribution in [0.1, 0.15) is 47.8 Å². The van der Waals surface area contributed by atoms with Gasteiger partial charge in [0, 0.05) is 31.3 Å². The maximum absolute atomic E-state index is 4.69. The number of nitrogens with zero attached hydrogens (tertiary/aromatic N) is 4. The lowest BCUT2D eigenvalue weighted by Crippen LogP contribution is -2.30. The first-order chi connectivity index (χ1) is 10.2. The van der Waals surface area contributed by atoms with Crippen LogP contribution in [0.15, 0.2) is 24.5 Å². The molecule has 6 heteroatoms. The standard InChI is InChI=1S/C15H17N5S/c1-9(2)14-18-15-20(19-14)11-5-8-17-12(13(11)21-15)10-3-6-16-7-4-10/h3-4,6-7,9,12,17H,5,8H2,1-2H3. The van der Waals surface area contributed by atoms with Crippen LogP contribution < -0.4 is 5.32 Å². The molecule has 5 nitrogen and oxygen atoms in total. The van der Waals surface area contributed by atoms with Gasteiger partial charge in [-0.25, -0.2) is 9.50 Å². The van der Waals surface area contributed by atoms with E-state index in [1.165, 1.54) is 16.1 Å². The van der Waals surface area contributed by atoms with Crippen molar-refractivity contribution < 1.29 is 0 Å². The Labute approximate surface area is 127 Å². The summed E-state index contributed by atoms with van der Waals surface area (Å²) in [7, 11) is 0. The first-order valence-corrected chi connectivity index (χ1v) is 8.07. The number of aromatic nitrogens is 4. The van der Waals surface area contributed by atoms with E-state index in [1.54, 1.807) is 11.3 Å². The maximum atomic E-state index is 4.69. The maximum Gasteiger partial charge on any atom is 0.212 e. The minimum atomic E-state index is 0.229. The van der Waals surface area contributed by atoms with E-state index < -0.39 is 0 Å². The topological polar surface area (TPSA) is 55.1 Å². The zero-order valence-electron chi connectivity index (χ0n) is 12.1. The molecule has 0 amide bonds. The van der Waals surface area contributed by atoms with Crippen molar-refractivity contribution in [2.24, 2.45) is 0 Å². The van der Waals surface area contributed by atoms with E-state index in [1.807, 2.05) is 16.9 Å². The summed E-state index contributed by atoms with van der Waals surface area (Å²) in [5.41, 5.74) is 2.55. The van der Waals surface area contributed by atoms with Crippen LogP contribution in [0.3, 0.4) is 0 Å². The third kappa shape index (κ3) is 2.06. The molecule has 3 aromatic heterocycles. The summed E-state index contributed by atoms with van der Waals surface area (Å²) in [5.74, 6) is 1.30. The molecule has 1 aliphatic rings. The van der Waals surface area contributed by atoms with E-state index in [0.717, 1.165) is 23.8 Å². The molecular weight excluding hydrogens is 282 g/mol. The van der Waals surface area contributed by atoms with Gasteiger partial charge < -0.3 is 5.32 Å². The van der Waals surface area contributed by atoms with Gasteiger partial charge in [0.15, 0.2) is 5.82 Å². The van der Waals surface area contributed by atoms with Gasteiger partial charge in [-0.1, -0.05) is 25.2 Å². The van der Waals surface area contributed by atoms with Crippen LogP contribution in [0, 0.1) is 0 Å². The van der Waals surface area contributed by atoms with Crippen molar-refractivity contribution in [3.05, 3.63) is 46.5 Å². The molecule has 108 valence electrons. The molecule has 0 saturated carbocycles. The molecule has 0 saturated heterocycles. The summed E-state index contributed by atoms with van der Waals surface area (Å²) in [6.45, 7) is 5.23.